The van der Waals surface area contributed by atoms with Crippen molar-refractivity contribution in [3.05, 3.63) is 17.8 Å². The van der Waals surface area contributed by atoms with Gasteiger partial charge in [-0.1, -0.05) is 6.92 Å². The van der Waals surface area contributed by atoms with E-state index in [1.165, 1.54) is 6.33 Å². The minimum absolute atomic E-state index is 0.00904. The van der Waals surface area contributed by atoms with Gasteiger partial charge in [-0.2, -0.15) is 0 Å². The highest BCUT2D eigenvalue weighted by Crippen LogP contribution is 2.22. The van der Waals surface area contributed by atoms with Gasteiger partial charge < -0.3 is 10.6 Å². The third-order valence-electron chi connectivity index (χ3n) is 4.11. The summed E-state index contributed by atoms with van der Waals surface area (Å²) in [4.78, 5) is 12.4. The minimum atomic E-state index is -0.276. The number of anilines is 1. The summed E-state index contributed by atoms with van der Waals surface area (Å²) in [6.45, 7) is 10.1. The summed E-state index contributed by atoms with van der Waals surface area (Å²) in [5, 5.41) is 0. The van der Waals surface area contributed by atoms with Crippen molar-refractivity contribution in [1.29, 1.82) is 0 Å². The molecule has 1 saturated heterocycles. The molecule has 20 heavy (non-hydrogen) atoms. The van der Waals surface area contributed by atoms with Gasteiger partial charge in [0.15, 0.2) is 11.6 Å². The monoisotopic (exact) mass is 281 g/mol. The molecule has 0 amide bonds. The molecule has 0 aromatic carbocycles. The highest BCUT2D eigenvalue weighted by atomic mass is 19.1. The van der Waals surface area contributed by atoms with E-state index in [9.17, 15) is 4.39 Å². The number of piperazine rings is 1. The molecule has 1 fully saturated rings. The lowest BCUT2D eigenvalue weighted by atomic mass is 10.0. The third kappa shape index (κ3) is 2.91. The zero-order valence-electron chi connectivity index (χ0n) is 12.6. The van der Waals surface area contributed by atoms with Crippen LogP contribution in [-0.4, -0.2) is 53.1 Å². The van der Waals surface area contributed by atoms with Crippen molar-refractivity contribution in [2.45, 2.75) is 32.7 Å². The van der Waals surface area contributed by atoms with E-state index >= 15 is 0 Å². The number of rotatable bonds is 4. The Morgan fingerprint density at radius 2 is 1.90 bits per heavy atom. The average Bonchev–Trinajstić information content (AvgIpc) is 2.47. The van der Waals surface area contributed by atoms with Crippen molar-refractivity contribution in [3.8, 4) is 0 Å². The quantitative estimate of drug-likeness (QED) is 0.893. The van der Waals surface area contributed by atoms with Gasteiger partial charge in [0.25, 0.3) is 0 Å². The van der Waals surface area contributed by atoms with Crippen LogP contribution in [0.2, 0.25) is 0 Å². The Labute approximate surface area is 120 Å². The van der Waals surface area contributed by atoms with Gasteiger partial charge in [-0.15, -0.1) is 0 Å². The van der Waals surface area contributed by atoms with E-state index in [1.54, 1.807) is 0 Å². The smallest absolute Gasteiger partial charge is 0.187 e. The number of aryl methyl sites for hydroxylation is 1. The Hall–Kier alpha value is -1.27. The molecule has 2 N–H and O–H groups in total. The molecule has 1 aromatic heterocycles. The molecule has 112 valence electrons. The molecule has 1 aliphatic heterocycles. The molecule has 2 rings (SSSR count). The fourth-order valence-corrected chi connectivity index (χ4v) is 2.52. The van der Waals surface area contributed by atoms with E-state index in [0.29, 0.717) is 24.5 Å². The number of hydrogen-bond acceptors (Lipinski definition) is 5. The number of nitrogens with zero attached hydrogens (tertiary/aromatic N) is 4. The summed E-state index contributed by atoms with van der Waals surface area (Å²) in [5.41, 5.74) is 6.29. The molecule has 0 atom stereocenters. The van der Waals surface area contributed by atoms with Crippen LogP contribution in [0.25, 0.3) is 0 Å². The number of aromatic nitrogens is 2. The van der Waals surface area contributed by atoms with Crippen LogP contribution in [-0.2, 0) is 6.42 Å². The second kappa shape index (κ2) is 6.01. The van der Waals surface area contributed by atoms with Crippen LogP contribution in [0.3, 0.4) is 0 Å². The van der Waals surface area contributed by atoms with Crippen LogP contribution in [0.1, 0.15) is 26.5 Å². The fraction of sp³-hybridized carbons (Fsp3) is 0.714. The molecule has 0 aliphatic carbocycles. The topological polar surface area (TPSA) is 58.3 Å². The third-order valence-corrected chi connectivity index (χ3v) is 4.11. The molecule has 1 aromatic rings. The summed E-state index contributed by atoms with van der Waals surface area (Å²) in [6, 6.07) is 0. The maximum atomic E-state index is 14.3. The molecular formula is C14H24FN5. The number of nitrogens with two attached hydrogens (primary N) is 1. The lowest BCUT2D eigenvalue weighted by molar-refractivity contribution is 0.118. The van der Waals surface area contributed by atoms with Crippen molar-refractivity contribution in [1.82, 2.24) is 14.9 Å². The Bertz CT molecular complexity index is 455. The van der Waals surface area contributed by atoms with Crippen molar-refractivity contribution in [2.75, 3.05) is 37.6 Å². The molecule has 2 heterocycles. The summed E-state index contributed by atoms with van der Waals surface area (Å²) in [5.74, 6) is 0.156. The summed E-state index contributed by atoms with van der Waals surface area (Å²) in [6.07, 6.45) is 2.04. The van der Waals surface area contributed by atoms with E-state index in [2.05, 4.69) is 28.7 Å². The predicted octanol–water partition coefficient (Wildman–Crippen LogP) is 1.04. The van der Waals surface area contributed by atoms with Crippen LogP contribution in [0, 0.1) is 5.82 Å². The average molecular weight is 281 g/mol. The first-order chi connectivity index (χ1) is 9.49. The number of halogens is 1. The van der Waals surface area contributed by atoms with Crippen LogP contribution >= 0.6 is 0 Å². The summed E-state index contributed by atoms with van der Waals surface area (Å²) < 4.78 is 14.3. The van der Waals surface area contributed by atoms with E-state index in [1.807, 2.05) is 11.8 Å². The van der Waals surface area contributed by atoms with Gasteiger partial charge in [0.2, 0.25) is 0 Å². The number of hydrogen-bond donors (Lipinski definition) is 1. The van der Waals surface area contributed by atoms with E-state index < -0.39 is 0 Å². The molecule has 0 spiro atoms. The molecular weight excluding hydrogens is 257 g/mol. The van der Waals surface area contributed by atoms with Gasteiger partial charge in [0.1, 0.15) is 6.33 Å². The Morgan fingerprint density at radius 3 is 2.45 bits per heavy atom. The molecule has 0 saturated carbocycles. The van der Waals surface area contributed by atoms with Gasteiger partial charge >= 0.3 is 0 Å². The van der Waals surface area contributed by atoms with Gasteiger partial charge in [-0.05, 0) is 20.3 Å². The van der Waals surface area contributed by atoms with Crippen LogP contribution in [0.5, 0.6) is 0 Å². The zero-order valence-corrected chi connectivity index (χ0v) is 12.6. The minimum Gasteiger partial charge on any atom is -0.352 e. The highest BCUT2D eigenvalue weighted by molar-refractivity contribution is 5.41. The van der Waals surface area contributed by atoms with Crippen molar-refractivity contribution in [2.24, 2.45) is 5.73 Å². The highest BCUT2D eigenvalue weighted by Gasteiger charge is 2.30. The van der Waals surface area contributed by atoms with E-state index in [0.717, 1.165) is 26.2 Å². The first-order valence-electron chi connectivity index (χ1n) is 7.19. The first kappa shape index (κ1) is 15.1. The van der Waals surface area contributed by atoms with Crippen molar-refractivity contribution < 1.29 is 4.39 Å². The standard InChI is InChI=1S/C14H24FN5/c1-4-11-12(15)13(18-10-17-11)19-5-7-20(8-6-19)14(2,3)9-16/h10H,4-9,16H2,1-3H3. The van der Waals surface area contributed by atoms with Crippen LogP contribution in [0.15, 0.2) is 6.33 Å². The predicted molar refractivity (Wildman–Crippen MR) is 78.3 cm³/mol. The van der Waals surface area contributed by atoms with Crippen molar-refractivity contribution in [3.63, 3.8) is 0 Å². The molecule has 0 unspecified atom stereocenters. The Balaban J connectivity index is 2.08. The van der Waals surface area contributed by atoms with Crippen molar-refractivity contribution >= 4 is 5.82 Å². The SMILES string of the molecule is CCc1ncnc(N2CCN(C(C)(C)CN)CC2)c1F. The van der Waals surface area contributed by atoms with Gasteiger partial charge in [-0.25, -0.2) is 14.4 Å². The maximum absolute atomic E-state index is 14.3. The van der Waals surface area contributed by atoms with Gasteiger partial charge in [0, 0.05) is 38.3 Å². The molecule has 6 heteroatoms. The van der Waals surface area contributed by atoms with Gasteiger partial charge in [-0.3, -0.25) is 4.90 Å². The lowest BCUT2D eigenvalue weighted by Gasteiger charge is -2.43. The van der Waals surface area contributed by atoms with Gasteiger partial charge in [0.05, 0.1) is 5.69 Å². The second-order valence-electron chi connectivity index (χ2n) is 5.80. The Morgan fingerprint density at radius 1 is 1.25 bits per heavy atom. The molecule has 0 radical (unpaired) electrons. The maximum Gasteiger partial charge on any atom is 0.187 e. The second-order valence-corrected chi connectivity index (χ2v) is 5.80. The molecule has 0 bridgehead atoms. The molecule has 5 nitrogen and oxygen atoms in total. The summed E-state index contributed by atoms with van der Waals surface area (Å²) in [7, 11) is 0. The zero-order chi connectivity index (χ0) is 14.8. The van der Waals surface area contributed by atoms with Crippen LogP contribution < -0.4 is 10.6 Å². The normalized spacial score (nSPS) is 17.6. The largest absolute Gasteiger partial charge is 0.352 e. The van der Waals surface area contributed by atoms with E-state index in [4.69, 9.17) is 5.73 Å². The molecule has 1 aliphatic rings. The lowest BCUT2D eigenvalue weighted by Crippen LogP contribution is -2.57. The van der Waals surface area contributed by atoms with Crippen LogP contribution in [0.4, 0.5) is 10.2 Å². The fourth-order valence-electron chi connectivity index (χ4n) is 2.52. The van der Waals surface area contributed by atoms with E-state index in [-0.39, 0.29) is 11.4 Å². The summed E-state index contributed by atoms with van der Waals surface area (Å²) >= 11 is 0. The first-order valence-corrected chi connectivity index (χ1v) is 7.19. The Kier molecular flexibility index (Phi) is 4.55.